The fourth-order valence-corrected chi connectivity index (χ4v) is 6.15. The number of nitrogens with zero attached hydrogens (tertiary/aromatic N) is 3. The smallest absolute Gasteiger partial charge is 0.162 e. The molecule has 4 nitrogen and oxygen atoms in total. The third-order valence-corrected chi connectivity index (χ3v) is 8.93. The number of benzene rings is 2. The Labute approximate surface area is 226 Å². The molecule has 4 rings (SSSR count). The predicted octanol–water partition coefficient (Wildman–Crippen LogP) is 6.00. The molecule has 0 atom stereocenters. The lowest BCUT2D eigenvalue weighted by atomic mass is 9.90. The number of hydrogen-bond acceptors (Lipinski definition) is 4. The number of likely N-dealkylation sites (tertiary alicyclic amines) is 1. The predicted molar refractivity (Wildman–Crippen MR) is 155 cm³/mol. The van der Waals surface area contributed by atoms with Crippen LogP contribution in [0.25, 0.3) is 0 Å². The number of piperidine rings is 1. The van der Waals surface area contributed by atoms with Crippen molar-refractivity contribution in [2.45, 2.75) is 72.3 Å². The highest BCUT2D eigenvalue weighted by Crippen LogP contribution is 2.25. The molecule has 0 saturated carbocycles. The quantitative estimate of drug-likeness (QED) is 0.332. The zero-order valence-electron chi connectivity index (χ0n) is 23.7. The van der Waals surface area contributed by atoms with Crippen LogP contribution >= 0.6 is 0 Å². The molecule has 202 valence electrons. The molecule has 0 spiro atoms. The van der Waals surface area contributed by atoms with Crippen LogP contribution in [0.5, 0.6) is 0 Å². The van der Waals surface area contributed by atoms with E-state index in [1.54, 1.807) is 0 Å². The van der Waals surface area contributed by atoms with Crippen molar-refractivity contribution in [1.82, 2.24) is 14.7 Å². The molecule has 0 unspecified atom stereocenters. The van der Waals surface area contributed by atoms with Crippen molar-refractivity contribution in [3.63, 3.8) is 0 Å². The van der Waals surface area contributed by atoms with Crippen LogP contribution < -0.4 is 0 Å². The fraction of sp³-hybridized carbons (Fsp3) is 0.606. The van der Waals surface area contributed by atoms with Crippen LogP contribution in [0.1, 0.15) is 78.6 Å². The molecule has 2 aromatic carbocycles. The van der Waals surface area contributed by atoms with Gasteiger partial charge in [-0.1, -0.05) is 50.2 Å². The summed E-state index contributed by atoms with van der Waals surface area (Å²) in [5.41, 5.74) is 6.63. The lowest BCUT2D eigenvalue weighted by Crippen LogP contribution is -2.36. The molecule has 2 aliphatic rings. The minimum Gasteiger partial charge on any atom is -0.303 e. The molecule has 0 aromatic heterocycles. The van der Waals surface area contributed by atoms with Gasteiger partial charge in [0.15, 0.2) is 5.78 Å². The topological polar surface area (TPSA) is 26.8 Å². The van der Waals surface area contributed by atoms with E-state index in [1.165, 1.54) is 54.6 Å². The fourth-order valence-electron chi connectivity index (χ4n) is 6.15. The highest BCUT2D eigenvalue weighted by atomic mass is 16.1. The lowest BCUT2D eigenvalue weighted by Gasteiger charge is -2.32. The first-order chi connectivity index (χ1) is 18.1. The SMILES string of the molecule is CCN(CC)CCN1CCc2ccc(C(=O)CCCC3CCN(Cc4ccccc4C)CC3)cc2CC1. The molecule has 2 aliphatic heterocycles. The van der Waals surface area contributed by atoms with Crippen molar-refractivity contribution in [2.75, 3.05) is 52.4 Å². The van der Waals surface area contributed by atoms with Crippen molar-refractivity contribution < 1.29 is 4.79 Å². The number of Topliss-reactive ketones (excluding diaryl/α,β-unsaturated/α-hetero) is 1. The third-order valence-electron chi connectivity index (χ3n) is 8.93. The number of aryl methyl sites for hydroxylation is 1. The van der Waals surface area contributed by atoms with E-state index in [1.807, 2.05) is 0 Å². The van der Waals surface area contributed by atoms with Gasteiger partial charge in [0.2, 0.25) is 0 Å². The second kappa shape index (κ2) is 14.2. The van der Waals surface area contributed by atoms with Crippen LogP contribution in [0.2, 0.25) is 0 Å². The molecule has 37 heavy (non-hydrogen) atoms. The highest BCUT2D eigenvalue weighted by molar-refractivity contribution is 5.96. The maximum absolute atomic E-state index is 13.0. The number of carbonyl (C=O) groups is 1. The van der Waals surface area contributed by atoms with E-state index >= 15 is 0 Å². The van der Waals surface area contributed by atoms with E-state index in [4.69, 9.17) is 0 Å². The summed E-state index contributed by atoms with van der Waals surface area (Å²) < 4.78 is 0. The van der Waals surface area contributed by atoms with Crippen molar-refractivity contribution in [1.29, 1.82) is 0 Å². The Hall–Kier alpha value is -2.01. The molecule has 0 bridgehead atoms. The molecular formula is C33H49N3O. The van der Waals surface area contributed by atoms with Crippen molar-refractivity contribution in [3.05, 3.63) is 70.3 Å². The number of hydrogen-bond donors (Lipinski definition) is 0. The third kappa shape index (κ3) is 8.24. The van der Waals surface area contributed by atoms with E-state index in [0.29, 0.717) is 12.2 Å². The maximum Gasteiger partial charge on any atom is 0.162 e. The van der Waals surface area contributed by atoms with Gasteiger partial charge in [-0.15, -0.1) is 0 Å². The monoisotopic (exact) mass is 503 g/mol. The Morgan fingerprint density at radius 2 is 1.65 bits per heavy atom. The molecule has 0 amide bonds. The van der Waals surface area contributed by atoms with Crippen LogP contribution in [-0.4, -0.2) is 72.8 Å². The lowest BCUT2D eigenvalue weighted by molar-refractivity contribution is 0.0974. The number of likely N-dealkylation sites (N-methyl/N-ethyl adjacent to an activating group) is 1. The first-order valence-corrected chi connectivity index (χ1v) is 14.9. The van der Waals surface area contributed by atoms with Gasteiger partial charge in [-0.2, -0.15) is 0 Å². The van der Waals surface area contributed by atoms with Crippen LogP contribution in [0.4, 0.5) is 0 Å². The average molecular weight is 504 g/mol. The number of fused-ring (bicyclic) bond motifs is 1. The molecule has 2 aromatic rings. The molecule has 1 fully saturated rings. The summed E-state index contributed by atoms with van der Waals surface area (Å²) in [6.07, 6.45) is 7.61. The largest absolute Gasteiger partial charge is 0.303 e. The summed E-state index contributed by atoms with van der Waals surface area (Å²) in [5.74, 6) is 1.11. The highest BCUT2D eigenvalue weighted by Gasteiger charge is 2.20. The van der Waals surface area contributed by atoms with Gasteiger partial charge >= 0.3 is 0 Å². The summed E-state index contributed by atoms with van der Waals surface area (Å²) in [7, 11) is 0. The zero-order valence-corrected chi connectivity index (χ0v) is 23.7. The van der Waals surface area contributed by atoms with Crippen LogP contribution in [-0.2, 0) is 19.4 Å². The maximum atomic E-state index is 13.0. The van der Waals surface area contributed by atoms with Crippen LogP contribution in [0.3, 0.4) is 0 Å². The Kier molecular flexibility index (Phi) is 10.8. The van der Waals surface area contributed by atoms with Crippen molar-refractivity contribution in [3.8, 4) is 0 Å². The number of ketones is 1. The Morgan fingerprint density at radius 3 is 2.38 bits per heavy atom. The van der Waals surface area contributed by atoms with Gasteiger partial charge in [0.1, 0.15) is 0 Å². The molecule has 0 radical (unpaired) electrons. The van der Waals surface area contributed by atoms with Gasteiger partial charge in [0.05, 0.1) is 0 Å². The molecule has 0 N–H and O–H groups in total. The van der Waals surface area contributed by atoms with E-state index in [-0.39, 0.29) is 0 Å². The zero-order chi connectivity index (χ0) is 26.0. The van der Waals surface area contributed by atoms with Crippen molar-refractivity contribution >= 4 is 5.78 Å². The van der Waals surface area contributed by atoms with Gasteiger partial charge in [-0.3, -0.25) is 9.69 Å². The first-order valence-electron chi connectivity index (χ1n) is 14.9. The Balaban J connectivity index is 1.18. The molecule has 0 aliphatic carbocycles. The van der Waals surface area contributed by atoms with Crippen LogP contribution in [0.15, 0.2) is 42.5 Å². The summed E-state index contributed by atoms with van der Waals surface area (Å²) in [5, 5.41) is 0. The molecule has 4 heteroatoms. The van der Waals surface area contributed by atoms with E-state index in [2.05, 4.69) is 77.9 Å². The molecule has 1 saturated heterocycles. The number of rotatable bonds is 12. The van der Waals surface area contributed by atoms with Gasteiger partial charge < -0.3 is 9.80 Å². The summed E-state index contributed by atoms with van der Waals surface area (Å²) in [4.78, 5) is 20.7. The summed E-state index contributed by atoms with van der Waals surface area (Å²) in [6.45, 7) is 16.9. The second-order valence-corrected chi connectivity index (χ2v) is 11.3. The normalized spacial score (nSPS) is 17.6. The van der Waals surface area contributed by atoms with Crippen LogP contribution in [0, 0.1) is 12.8 Å². The standard InChI is InChI=1S/C33H49N3O/c1-4-34(5-2)23-24-35-21-17-29-13-14-31(25-30(29)18-22-35)33(37)12-8-10-28-15-19-36(20-16-28)26-32-11-7-6-9-27(32)3/h6-7,9,11,13-14,25,28H,4-5,8,10,12,15-24,26H2,1-3H3. The number of carbonyl (C=O) groups excluding carboxylic acids is 1. The molecular weight excluding hydrogens is 454 g/mol. The van der Waals surface area contributed by atoms with Gasteiger partial charge in [-0.05, 0) is 106 Å². The van der Waals surface area contributed by atoms with Gasteiger partial charge in [0.25, 0.3) is 0 Å². The van der Waals surface area contributed by atoms with Gasteiger partial charge in [-0.25, -0.2) is 0 Å². The second-order valence-electron chi connectivity index (χ2n) is 11.3. The van der Waals surface area contributed by atoms with E-state index in [0.717, 1.165) is 76.6 Å². The Morgan fingerprint density at radius 1 is 0.919 bits per heavy atom. The van der Waals surface area contributed by atoms with E-state index in [9.17, 15) is 4.79 Å². The van der Waals surface area contributed by atoms with Crippen molar-refractivity contribution in [2.24, 2.45) is 5.92 Å². The molecule has 2 heterocycles. The summed E-state index contributed by atoms with van der Waals surface area (Å²) in [6, 6.07) is 15.3. The average Bonchev–Trinajstić information content (AvgIpc) is 3.13. The summed E-state index contributed by atoms with van der Waals surface area (Å²) >= 11 is 0. The minimum absolute atomic E-state index is 0.336. The first kappa shape index (κ1) is 28.0. The minimum atomic E-state index is 0.336. The van der Waals surface area contributed by atoms with E-state index < -0.39 is 0 Å². The van der Waals surface area contributed by atoms with Gasteiger partial charge in [0, 0.05) is 44.7 Å². The Bertz CT molecular complexity index is 991.